The Labute approximate surface area is 234 Å². The minimum atomic E-state index is -0.396. The molecule has 41 heavy (non-hydrogen) atoms. The third kappa shape index (κ3) is 4.34. The molecule has 0 unspecified atom stereocenters. The van der Waals surface area contributed by atoms with Gasteiger partial charge in [0.05, 0.1) is 23.4 Å². The van der Waals surface area contributed by atoms with Crippen LogP contribution in [0.25, 0.3) is 50.5 Å². The lowest BCUT2D eigenvalue weighted by Gasteiger charge is -2.18. The molecule has 9 nitrogen and oxygen atoms in total. The van der Waals surface area contributed by atoms with E-state index in [0.29, 0.717) is 55.9 Å². The van der Waals surface area contributed by atoms with E-state index in [9.17, 15) is 19.4 Å². The molecular formula is C31H26FN5O4. The summed E-state index contributed by atoms with van der Waals surface area (Å²) in [5.41, 5.74) is 5.09. The Morgan fingerprint density at radius 1 is 1.07 bits per heavy atom. The van der Waals surface area contributed by atoms with Gasteiger partial charge in [-0.3, -0.25) is 4.79 Å². The molecule has 3 N–H and O–H groups in total. The van der Waals surface area contributed by atoms with Crippen LogP contribution in [0.15, 0.2) is 77.3 Å². The van der Waals surface area contributed by atoms with Crippen LogP contribution in [0, 0.1) is 5.82 Å². The molecule has 0 spiro atoms. The van der Waals surface area contributed by atoms with Crippen LogP contribution in [0.4, 0.5) is 10.1 Å². The van der Waals surface area contributed by atoms with Crippen molar-refractivity contribution in [1.29, 1.82) is 0 Å². The number of fused-ring (bicyclic) bond motifs is 2. The maximum Gasteiger partial charge on any atom is 0.255 e. The molecule has 0 aliphatic heterocycles. The Hall–Kier alpha value is -5.22. The van der Waals surface area contributed by atoms with Crippen molar-refractivity contribution in [3.8, 4) is 39.7 Å². The lowest BCUT2D eigenvalue weighted by atomic mass is 10.00. The van der Waals surface area contributed by atoms with E-state index in [0.717, 1.165) is 5.69 Å². The highest BCUT2D eigenvalue weighted by atomic mass is 19.1. The second kappa shape index (κ2) is 10.1. The summed E-state index contributed by atoms with van der Waals surface area (Å²) in [6.45, 7) is -0.292. The third-order valence-electron chi connectivity index (χ3n) is 7.02. The van der Waals surface area contributed by atoms with Gasteiger partial charge < -0.3 is 24.8 Å². The van der Waals surface area contributed by atoms with Gasteiger partial charge >= 0.3 is 0 Å². The molecule has 4 heterocycles. The van der Waals surface area contributed by atoms with Crippen LogP contribution in [0.2, 0.25) is 0 Å². The zero-order valence-electron chi connectivity index (χ0n) is 22.5. The summed E-state index contributed by atoms with van der Waals surface area (Å²) in [6, 6.07) is 18.1. The number of nitrogens with one attached hydrogen (secondary N) is 1. The molecule has 6 aromatic rings. The van der Waals surface area contributed by atoms with Gasteiger partial charge in [0.1, 0.15) is 34.3 Å². The Bertz CT molecular complexity index is 1940. The summed E-state index contributed by atoms with van der Waals surface area (Å²) >= 11 is 0. The molecule has 0 radical (unpaired) electrons. The van der Waals surface area contributed by atoms with Crippen molar-refractivity contribution in [3.63, 3.8) is 0 Å². The summed E-state index contributed by atoms with van der Waals surface area (Å²) in [5.74, 6) is -0.527. The molecule has 0 saturated carbocycles. The van der Waals surface area contributed by atoms with Crippen molar-refractivity contribution in [1.82, 2.24) is 19.9 Å². The number of aromatic nitrogens is 3. The fourth-order valence-electron chi connectivity index (χ4n) is 5.03. The van der Waals surface area contributed by atoms with Gasteiger partial charge in [-0.25, -0.2) is 13.9 Å². The molecule has 206 valence electrons. The molecule has 1 amide bonds. The average molecular weight is 552 g/mol. The topological polar surface area (TPSA) is 116 Å². The second-order valence-corrected chi connectivity index (χ2v) is 9.73. The van der Waals surface area contributed by atoms with Crippen LogP contribution >= 0.6 is 0 Å². The first-order chi connectivity index (χ1) is 19.8. The Morgan fingerprint density at radius 2 is 1.85 bits per heavy atom. The minimum Gasteiger partial charge on any atom is -0.506 e. The van der Waals surface area contributed by atoms with E-state index in [-0.39, 0.29) is 24.0 Å². The van der Waals surface area contributed by atoms with Gasteiger partial charge in [0.2, 0.25) is 0 Å². The van der Waals surface area contributed by atoms with Gasteiger partial charge in [0.25, 0.3) is 5.91 Å². The number of halogens is 1. The lowest BCUT2D eigenvalue weighted by Crippen LogP contribution is -2.18. The smallest absolute Gasteiger partial charge is 0.255 e. The summed E-state index contributed by atoms with van der Waals surface area (Å²) in [7, 11) is 5.29. The molecule has 0 aliphatic rings. The first kappa shape index (κ1) is 26.0. The van der Waals surface area contributed by atoms with Gasteiger partial charge in [-0.15, -0.1) is 0 Å². The molecule has 0 atom stereocenters. The molecule has 0 bridgehead atoms. The average Bonchev–Trinajstić information content (AvgIpc) is 3.54. The summed E-state index contributed by atoms with van der Waals surface area (Å²) < 4.78 is 21.5. The SMILES string of the molecule is CNC(=O)c1c(-c2ccc(F)cc2)oc2cc(N(C)C)c(-c3ccc(O)c(-c4nn5ccccc5c4CO)n3)cc12. The number of anilines is 1. The van der Waals surface area contributed by atoms with Crippen molar-refractivity contribution in [3.05, 3.63) is 89.9 Å². The number of hydrogen-bond acceptors (Lipinski definition) is 7. The number of aliphatic hydroxyl groups excluding tert-OH is 1. The van der Waals surface area contributed by atoms with Crippen molar-refractivity contribution < 1.29 is 23.8 Å². The number of hydrogen-bond donors (Lipinski definition) is 3. The molecule has 6 rings (SSSR count). The monoisotopic (exact) mass is 551 g/mol. The molecule has 0 fully saturated rings. The number of pyridine rings is 2. The minimum absolute atomic E-state index is 0.0905. The molecule has 0 saturated heterocycles. The number of aromatic hydroxyl groups is 1. The number of nitrogens with zero attached hydrogens (tertiary/aromatic N) is 4. The Balaban J connectivity index is 1.59. The normalized spacial score (nSPS) is 11.3. The molecule has 2 aromatic carbocycles. The molecule has 4 aromatic heterocycles. The second-order valence-electron chi connectivity index (χ2n) is 9.73. The Morgan fingerprint density at radius 3 is 2.56 bits per heavy atom. The lowest BCUT2D eigenvalue weighted by molar-refractivity contribution is 0.0964. The molecular weight excluding hydrogens is 525 g/mol. The van der Waals surface area contributed by atoms with E-state index >= 15 is 0 Å². The molecule has 10 heteroatoms. The van der Waals surface area contributed by atoms with Gasteiger partial charge in [-0.2, -0.15) is 5.10 Å². The zero-order chi connectivity index (χ0) is 28.8. The van der Waals surface area contributed by atoms with Gasteiger partial charge in [-0.1, -0.05) is 6.07 Å². The van der Waals surface area contributed by atoms with Crippen LogP contribution in [0.5, 0.6) is 5.75 Å². The van der Waals surface area contributed by atoms with E-state index in [1.54, 1.807) is 28.9 Å². The van der Waals surface area contributed by atoms with E-state index < -0.39 is 5.82 Å². The van der Waals surface area contributed by atoms with Crippen molar-refractivity contribution in [2.24, 2.45) is 0 Å². The van der Waals surface area contributed by atoms with Gasteiger partial charge in [-0.05, 0) is 54.6 Å². The number of rotatable bonds is 6. The first-order valence-electron chi connectivity index (χ1n) is 12.8. The maximum absolute atomic E-state index is 13.6. The van der Waals surface area contributed by atoms with E-state index in [4.69, 9.17) is 9.40 Å². The van der Waals surface area contributed by atoms with Gasteiger partial charge in [0.15, 0.2) is 0 Å². The molecule has 0 aliphatic carbocycles. The zero-order valence-corrected chi connectivity index (χ0v) is 22.5. The number of carbonyl (C=O) groups excluding carboxylic acids is 1. The predicted octanol–water partition coefficient (Wildman–Crippen LogP) is 5.24. The van der Waals surface area contributed by atoms with Crippen molar-refractivity contribution in [2.45, 2.75) is 6.61 Å². The van der Waals surface area contributed by atoms with Crippen molar-refractivity contribution >= 4 is 28.1 Å². The summed E-state index contributed by atoms with van der Waals surface area (Å²) in [6.07, 6.45) is 1.76. The quantitative estimate of drug-likeness (QED) is 0.259. The van der Waals surface area contributed by atoms with Crippen LogP contribution in [-0.2, 0) is 6.61 Å². The Kier molecular flexibility index (Phi) is 6.39. The van der Waals surface area contributed by atoms with Crippen LogP contribution in [-0.4, -0.2) is 51.9 Å². The van der Waals surface area contributed by atoms with Gasteiger partial charge in [0, 0.05) is 61.2 Å². The standard InChI is InChI=1S/C31H26FN5O4/c1-33-31(40)27-20-14-19(24(36(2)3)15-26(20)41-30(27)17-7-9-18(32)10-8-17)22-11-12-25(39)29(34-22)28-21(16-38)23-6-4-5-13-37(23)35-28/h4-15,38-39H,16H2,1-3H3,(H,33,40). The van der Waals surface area contributed by atoms with E-state index in [2.05, 4.69) is 10.4 Å². The largest absolute Gasteiger partial charge is 0.506 e. The first-order valence-corrected chi connectivity index (χ1v) is 12.8. The fourth-order valence-corrected chi connectivity index (χ4v) is 5.03. The number of aliphatic hydroxyl groups is 1. The predicted molar refractivity (Wildman–Crippen MR) is 154 cm³/mol. The highest BCUT2D eigenvalue weighted by Crippen LogP contribution is 2.41. The number of carbonyl (C=O) groups is 1. The van der Waals surface area contributed by atoms with E-state index in [1.807, 2.05) is 49.3 Å². The fraction of sp³-hybridized carbons (Fsp3) is 0.129. The van der Waals surface area contributed by atoms with Crippen LogP contribution in [0.3, 0.4) is 0 Å². The maximum atomic E-state index is 13.6. The van der Waals surface area contributed by atoms with Crippen LogP contribution < -0.4 is 10.2 Å². The summed E-state index contributed by atoms with van der Waals surface area (Å²) in [4.78, 5) is 19.8. The van der Waals surface area contributed by atoms with Crippen LogP contribution in [0.1, 0.15) is 15.9 Å². The third-order valence-corrected chi connectivity index (χ3v) is 7.02. The highest BCUT2D eigenvalue weighted by molar-refractivity contribution is 6.12. The van der Waals surface area contributed by atoms with E-state index in [1.165, 1.54) is 25.2 Å². The van der Waals surface area contributed by atoms with Crippen molar-refractivity contribution in [2.75, 3.05) is 26.0 Å². The number of furan rings is 1. The highest BCUT2D eigenvalue weighted by Gasteiger charge is 2.25. The summed E-state index contributed by atoms with van der Waals surface area (Å²) in [5, 5.41) is 28.8. The number of amides is 1. The number of benzene rings is 2.